The van der Waals surface area contributed by atoms with Crippen molar-refractivity contribution < 1.29 is 58.9 Å². The van der Waals surface area contributed by atoms with Crippen LogP contribution >= 0.6 is 0 Å². The minimum Gasteiger partial charge on any atom is -0.481 e. The minimum atomic E-state index is -5.16. The number of nitrogens with zero attached hydrogens (tertiary/aromatic N) is 6. The number of benzene rings is 2. The van der Waals surface area contributed by atoms with E-state index in [1.165, 1.54) is 16.8 Å². The molecule has 10 nitrogen and oxygen atoms in total. The molecule has 0 saturated heterocycles. The number of rotatable bonds is 9. The number of carbonyl (C=O) groups is 2. The Morgan fingerprint density at radius 3 is 2.11 bits per heavy atom. The van der Waals surface area contributed by atoms with Crippen molar-refractivity contribution in [3.8, 4) is 5.75 Å². The van der Waals surface area contributed by atoms with Gasteiger partial charge in [0.1, 0.15) is 5.75 Å². The third-order valence-corrected chi connectivity index (χ3v) is 7.14. The van der Waals surface area contributed by atoms with E-state index in [1.807, 2.05) is 0 Å². The first kappa shape index (κ1) is 34.3. The van der Waals surface area contributed by atoms with Crippen molar-refractivity contribution in [1.29, 1.82) is 0 Å². The van der Waals surface area contributed by atoms with Gasteiger partial charge >= 0.3 is 24.7 Å². The van der Waals surface area contributed by atoms with Gasteiger partial charge in [0.25, 0.3) is 5.95 Å². The summed E-state index contributed by atoms with van der Waals surface area (Å²) in [6, 6.07) is 2.08. The number of tetrazole rings is 1. The molecule has 19 heteroatoms. The topological polar surface area (TPSA) is 114 Å². The van der Waals surface area contributed by atoms with Gasteiger partial charge in [0.15, 0.2) is 0 Å². The van der Waals surface area contributed by atoms with E-state index in [1.54, 1.807) is 6.92 Å². The maximum Gasteiger partial charge on any atom is 0.573 e. The fourth-order valence-electron chi connectivity index (χ4n) is 5.24. The highest BCUT2D eigenvalue weighted by Crippen LogP contribution is 2.46. The van der Waals surface area contributed by atoms with Gasteiger partial charge in [0, 0.05) is 30.3 Å². The van der Waals surface area contributed by atoms with E-state index < -0.39 is 84.5 Å². The molecular weight excluding hydrogens is 643 g/mol. The first-order valence-electron chi connectivity index (χ1n) is 13.5. The van der Waals surface area contributed by atoms with E-state index in [9.17, 15) is 49.1 Å². The molecule has 2 atom stereocenters. The molecule has 0 spiro atoms. The Hall–Kier alpha value is -4.58. The molecule has 2 heterocycles. The number of ether oxygens (including phenoxy) is 1. The molecule has 250 valence electrons. The molecule has 1 amide bonds. The summed E-state index contributed by atoms with van der Waals surface area (Å²) < 4.78 is 126. The van der Waals surface area contributed by atoms with Crippen LogP contribution in [-0.2, 0) is 35.5 Å². The number of carbonyl (C=O) groups excluding carboxylic acids is 1. The molecule has 0 unspecified atom stereocenters. The fraction of sp³-hybridized carbons (Fsp3) is 0.444. The zero-order valence-electron chi connectivity index (χ0n) is 23.9. The largest absolute Gasteiger partial charge is 0.573 e. The number of fused-ring (bicyclic) bond motifs is 1. The van der Waals surface area contributed by atoms with E-state index in [4.69, 9.17) is 5.11 Å². The van der Waals surface area contributed by atoms with Gasteiger partial charge in [-0.2, -0.15) is 31.1 Å². The number of aryl methyl sites for hydroxylation is 1. The second-order valence-corrected chi connectivity index (χ2v) is 10.4. The van der Waals surface area contributed by atoms with Crippen molar-refractivity contribution in [2.75, 3.05) is 9.80 Å². The van der Waals surface area contributed by atoms with E-state index in [0.29, 0.717) is 12.1 Å². The van der Waals surface area contributed by atoms with Gasteiger partial charge in [-0.25, -0.2) is 0 Å². The number of anilines is 2. The second-order valence-electron chi connectivity index (χ2n) is 10.4. The number of aliphatic carboxylic acids is 1. The predicted molar refractivity (Wildman–Crippen MR) is 140 cm³/mol. The Labute approximate surface area is 254 Å². The summed E-state index contributed by atoms with van der Waals surface area (Å²) in [5.41, 5.74) is -3.66. The number of halogens is 9. The highest BCUT2D eigenvalue weighted by atomic mass is 19.4. The number of amides is 1. The van der Waals surface area contributed by atoms with Gasteiger partial charge in [0.2, 0.25) is 5.91 Å². The minimum absolute atomic E-state index is 0.0296. The van der Waals surface area contributed by atoms with Crippen LogP contribution in [0.5, 0.6) is 5.75 Å². The first-order chi connectivity index (χ1) is 21.3. The normalized spacial score (nSPS) is 17.1. The standard InChI is InChI=1S/C27H25F9N6O4/c1-3-17-11-21(19-12-18(46-27(34,35)36)4-5-20(19)42(17)22(43)6-7-23(44)45)41(24-37-39-40(2)38-24)13-14-8-15(25(28,29)30)10-16(9-14)26(31,32)33/h4-5,8-10,12,17,21H,3,6-7,11,13H2,1-2H3,(H,44,45)/t17-,21+/m1/s1. The van der Waals surface area contributed by atoms with Crippen molar-refractivity contribution >= 4 is 23.5 Å². The van der Waals surface area contributed by atoms with E-state index >= 15 is 0 Å². The van der Waals surface area contributed by atoms with Crippen LogP contribution in [0.1, 0.15) is 60.9 Å². The average Bonchev–Trinajstić information content (AvgIpc) is 3.37. The van der Waals surface area contributed by atoms with Crippen molar-refractivity contribution in [1.82, 2.24) is 20.2 Å². The van der Waals surface area contributed by atoms with Gasteiger partial charge < -0.3 is 19.6 Å². The fourth-order valence-corrected chi connectivity index (χ4v) is 5.24. The summed E-state index contributed by atoms with van der Waals surface area (Å²) in [5, 5.41) is 20.7. The van der Waals surface area contributed by atoms with Crippen LogP contribution in [0.2, 0.25) is 0 Å². The third-order valence-electron chi connectivity index (χ3n) is 7.14. The zero-order valence-corrected chi connectivity index (χ0v) is 23.9. The van der Waals surface area contributed by atoms with Crippen LogP contribution in [0.25, 0.3) is 0 Å². The number of aromatic nitrogens is 4. The predicted octanol–water partition coefficient (Wildman–Crippen LogP) is 6.27. The number of carboxylic acid groups (broad SMARTS) is 1. The lowest BCUT2D eigenvalue weighted by Gasteiger charge is -2.44. The molecule has 0 bridgehead atoms. The molecule has 3 aromatic rings. The highest BCUT2D eigenvalue weighted by molar-refractivity contribution is 5.97. The van der Waals surface area contributed by atoms with Crippen LogP contribution in [0.4, 0.5) is 51.1 Å². The molecule has 4 rings (SSSR count). The molecule has 0 aliphatic carbocycles. The quantitative estimate of drug-likeness (QED) is 0.266. The summed E-state index contributed by atoms with van der Waals surface area (Å²) in [6.07, 6.45) is -16.4. The molecule has 0 radical (unpaired) electrons. The number of carboxylic acids is 1. The second kappa shape index (κ2) is 12.7. The summed E-state index contributed by atoms with van der Waals surface area (Å²) >= 11 is 0. The van der Waals surface area contributed by atoms with E-state index in [0.717, 1.165) is 23.0 Å². The summed E-state index contributed by atoms with van der Waals surface area (Å²) in [6.45, 7) is 0.967. The van der Waals surface area contributed by atoms with Crippen molar-refractivity contribution in [3.05, 3.63) is 58.7 Å². The van der Waals surface area contributed by atoms with Crippen LogP contribution in [0.3, 0.4) is 0 Å². The van der Waals surface area contributed by atoms with Crippen LogP contribution in [-0.4, -0.2) is 49.6 Å². The zero-order chi connectivity index (χ0) is 34.2. The van der Waals surface area contributed by atoms with Gasteiger partial charge in [0.05, 0.1) is 30.6 Å². The summed E-state index contributed by atoms with van der Waals surface area (Å²) in [5.74, 6) is -2.96. The van der Waals surface area contributed by atoms with Gasteiger partial charge in [-0.05, 0) is 60.0 Å². The summed E-state index contributed by atoms with van der Waals surface area (Å²) in [7, 11) is 1.34. The SMILES string of the molecule is CC[C@@H]1C[C@H](N(Cc2cc(C(F)(F)F)cc(C(F)(F)F)c2)c2nnn(C)n2)c2cc(OC(F)(F)F)ccc2N1C(=O)CCC(=O)O. The molecule has 46 heavy (non-hydrogen) atoms. The highest BCUT2D eigenvalue weighted by Gasteiger charge is 2.41. The van der Waals surface area contributed by atoms with Gasteiger partial charge in [-0.1, -0.05) is 12.0 Å². The van der Waals surface area contributed by atoms with Crippen molar-refractivity contribution in [2.45, 2.75) is 70.0 Å². The molecule has 1 N–H and O–H groups in total. The smallest absolute Gasteiger partial charge is 0.481 e. The molecule has 1 aromatic heterocycles. The maximum absolute atomic E-state index is 13.7. The lowest BCUT2D eigenvalue weighted by Crippen LogP contribution is -2.48. The Balaban J connectivity index is 1.91. The molecular formula is C27H25F9N6O4. The van der Waals surface area contributed by atoms with Gasteiger partial charge in [-0.3, -0.25) is 9.59 Å². The average molecular weight is 669 g/mol. The van der Waals surface area contributed by atoms with E-state index in [-0.39, 0.29) is 36.1 Å². The first-order valence-corrected chi connectivity index (χ1v) is 13.5. The van der Waals surface area contributed by atoms with E-state index in [2.05, 4.69) is 20.1 Å². The Bertz CT molecular complexity index is 1560. The van der Waals surface area contributed by atoms with Crippen LogP contribution < -0.4 is 14.5 Å². The maximum atomic E-state index is 13.7. The monoisotopic (exact) mass is 668 g/mol. The lowest BCUT2D eigenvalue weighted by molar-refractivity contribution is -0.274. The molecule has 0 saturated carbocycles. The molecule has 1 aliphatic heterocycles. The van der Waals surface area contributed by atoms with Gasteiger partial charge in [-0.15, -0.1) is 18.3 Å². The third kappa shape index (κ3) is 7.97. The Morgan fingerprint density at radius 1 is 0.978 bits per heavy atom. The lowest BCUT2D eigenvalue weighted by atomic mass is 9.87. The van der Waals surface area contributed by atoms with Crippen LogP contribution in [0.15, 0.2) is 36.4 Å². The Kier molecular flexibility index (Phi) is 9.44. The van der Waals surface area contributed by atoms with Crippen LogP contribution in [0, 0.1) is 0 Å². The van der Waals surface area contributed by atoms with Crippen molar-refractivity contribution in [2.24, 2.45) is 7.05 Å². The molecule has 1 aliphatic rings. The number of hydrogen-bond acceptors (Lipinski definition) is 7. The number of alkyl halides is 9. The Morgan fingerprint density at radius 2 is 1.61 bits per heavy atom. The van der Waals surface area contributed by atoms with Crippen molar-refractivity contribution in [3.63, 3.8) is 0 Å². The number of hydrogen-bond donors (Lipinski definition) is 1. The summed E-state index contributed by atoms with van der Waals surface area (Å²) in [4.78, 5) is 27.7. The molecule has 2 aromatic carbocycles. The molecule has 0 fully saturated rings.